The van der Waals surface area contributed by atoms with E-state index in [0.29, 0.717) is 30.9 Å². The van der Waals surface area contributed by atoms with Crippen LogP contribution >= 0.6 is 0 Å². The van der Waals surface area contributed by atoms with Gasteiger partial charge in [-0.2, -0.15) is 0 Å². The highest BCUT2D eigenvalue weighted by molar-refractivity contribution is 6.40. The summed E-state index contributed by atoms with van der Waals surface area (Å²) in [6.45, 7) is 3.48. The van der Waals surface area contributed by atoms with Crippen molar-refractivity contribution in [2.75, 3.05) is 24.6 Å². The number of ether oxygens (including phenoxy) is 1. The maximum absolute atomic E-state index is 13.3. The smallest absolute Gasteiger partial charge is 0.316 e. The van der Waals surface area contributed by atoms with Crippen LogP contribution in [0.4, 0.5) is 10.1 Å². The zero-order valence-electron chi connectivity index (χ0n) is 13.9. The molecule has 1 aliphatic rings. The number of carbonyl (C=O) groups is 2. The van der Waals surface area contributed by atoms with E-state index in [0.717, 1.165) is 5.75 Å². The number of amides is 2. The van der Waals surface area contributed by atoms with Gasteiger partial charge in [-0.1, -0.05) is 12.1 Å². The van der Waals surface area contributed by atoms with Gasteiger partial charge in [-0.05, 0) is 48.9 Å². The van der Waals surface area contributed by atoms with Crippen molar-refractivity contribution in [2.24, 2.45) is 0 Å². The predicted octanol–water partition coefficient (Wildman–Crippen LogP) is 2.60. The van der Waals surface area contributed by atoms with Gasteiger partial charge in [0, 0.05) is 25.3 Å². The lowest BCUT2D eigenvalue weighted by atomic mass is 10.1. The normalized spacial score (nSPS) is 14.8. The topological polar surface area (TPSA) is 49.9 Å². The Morgan fingerprint density at radius 1 is 1.04 bits per heavy atom. The molecule has 25 heavy (non-hydrogen) atoms. The van der Waals surface area contributed by atoms with Gasteiger partial charge in [-0.25, -0.2) is 4.39 Å². The number of halogens is 1. The Morgan fingerprint density at radius 3 is 2.48 bits per heavy atom. The van der Waals surface area contributed by atoms with E-state index in [-0.39, 0.29) is 12.4 Å². The van der Waals surface area contributed by atoms with E-state index in [2.05, 4.69) is 0 Å². The Bertz CT molecular complexity index is 776. The summed E-state index contributed by atoms with van der Waals surface area (Å²) in [5, 5.41) is 0. The molecule has 0 aliphatic carbocycles. The fourth-order valence-corrected chi connectivity index (χ4v) is 2.82. The molecule has 0 spiro atoms. The third kappa shape index (κ3) is 3.79. The third-order valence-electron chi connectivity index (χ3n) is 4.03. The molecule has 1 aliphatic heterocycles. The monoisotopic (exact) mass is 342 g/mol. The maximum atomic E-state index is 13.3. The molecule has 1 fully saturated rings. The van der Waals surface area contributed by atoms with E-state index in [1.54, 1.807) is 36.4 Å². The number of benzene rings is 2. The van der Waals surface area contributed by atoms with E-state index < -0.39 is 11.8 Å². The lowest BCUT2D eigenvalue weighted by Gasteiger charge is -2.33. The minimum Gasteiger partial charge on any atom is -0.494 e. The molecule has 2 amide bonds. The fraction of sp³-hybridized carbons (Fsp3) is 0.263. The number of hydrogen-bond acceptors (Lipinski definition) is 3. The Morgan fingerprint density at radius 2 is 1.80 bits per heavy atom. The number of anilines is 1. The van der Waals surface area contributed by atoms with Crippen molar-refractivity contribution < 1.29 is 18.7 Å². The van der Waals surface area contributed by atoms with Gasteiger partial charge >= 0.3 is 11.8 Å². The molecular weight excluding hydrogens is 323 g/mol. The highest BCUT2D eigenvalue weighted by Gasteiger charge is 2.33. The van der Waals surface area contributed by atoms with E-state index in [9.17, 15) is 14.0 Å². The number of carbonyl (C=O) groups excluding carboxylic acids is 2. The van der Waals surface area contributed by atoms with Crippen molar-refractivity contribution in [2.45, 2.75) is 13.5 Å². The molecule has 130 valence electrons. The van der Waals surface area contributed by atoms with Gasteiger partial charge in [0.05, 0.1) is 6.61 Å². The molecule has 0 N–H and O–H groups in total. The number of rotatable bonds is 5. The molecule has 0 unspecified atom stereocenters. The van der Waals surface area contributed by atoms with Crippen molar-refractivity contribution in [1.29, 1.82) is 0 Å². The average Bonchev–Trinajstić information content (AvgIpc) is 2.60. The van der Waals surface area contributed by atoms with E-state index >= 15 is 0 Å². The first-order valence-corrected chi connectivity index (χ1v) is 8.16. The highest BCUT2D eigenvalue weighted by atomic mass is 19.1. The van der Waals surface area contributed by atoms with Gasteiger partial charge in [0.1, 0.15) is 11.6 Å². The molecule has 0 atom stereocenters. The van der Waals surface area contributed by atoms with Crippen LogP contribution in [-0.4, -0.2) is 36.4 Å². The number of hydrogen-bond donors (Lipinski definition) is 0. The zero-order chi connectivity index (χ0) is 17.8. The first-order valence-electron chi connectivity index (χ1n) is 8.16. The number of piperazine rings is 1. The summed E-state index contributed by atoms with van der Waals surface area (Å²) in [4.78, 5) is 27.7. The van der Waals surface area contributed by atoms with Crippen LogP contribution in [0.2, 0.25) is 0 Å². The molecule has 2 aromatic carbocycles. The molecule has 0 radical (unpaired) electrons. The second-order valence-electron chi connectivity index (χ2n) is 5.74. The Labute approximate surface area is 145 Å². The summed E-state index contributed by atoms with van der Waals surface area (Å²) in [5.41, 5.74) is 1.32. The van der Waals surface area contributed by atoms with Crippen LogP contribution in [0.3, 0.4) is 0 Å². The number of nitrogens with zero attached hydrogens (tertiary/aromatic N) is 2. The van der Waals surface area contributed by atoms with Crippen LogP contribution in [0.25, 0.3) is 0 Å². The molecule has 5 nitrogen and oxygen atoms in total. The molecule has 6 heteroatoms. The second-order valence-corrected chi connectivity index (χ2v) is 5.74. The van der Waals surface area contributed by atoms with Crippen LogP contribution in [0.1, 0.15) is 12.5 Å². The van der Waals surface area contributed by atoms with Crippen molar-refractivity contribution >= 4 is 17.5 Å². The van der Waals surface area contributed by atoms with Crippen LogP contribution in [0, 0.1) is 5.82 Å². The van der Waals surface area contributed by atoms with Crippen LogP contribution < -0.4 is 9.64 Å². The van der Waals surface area contributed by atoms with Crippen molar-refractivity contribution in [1.82, 2.24) is 4.90 Å². The summed E-state index contributed by atoms with van der Waals surface area (Å²) in [6, 6.07) is 13.1. The minimum atomic E-state index is -0.579. The Kier molecular flexibility index (Phi) is 4.97. The standard InChI is InChI=1S/C19H19FN2O3/c1-2-25-17-8-6-16(7-9-17)22-11-10-21(18(23)19(22)24)13-14-4-3-5-15(20)12-14/h3-9,12H,2,10-11,13H2,1H3. The van der Waals surface area contributed by atoms with Gasteiger partial charge in [-0.3, -0.25) is 9.59 Å². The first-order chi connectivity index (χ1) is 12.1. The third-order valence-corrected chi connectivity index (χ3v) is 4.03. The van der Waals surface area contributed by atoms with Crippen LogP contribution in [0.15, 0.2) is 48.5 Å². The average molecular weight is 342 g/mol. The van der Waals surface area contributed by atoms with Crippen molar-refractivity contribution in [3.63, 3.8) is 0 Å². The van der Waals surface area contributed by atoms with Crippen molar-refractivity contribution in [3.05, 3.63) is 59.9 Å². The van der Waals surface area contributed by atoms with Gasteiger partial charge in [0.25, 0.3) is 0 Å². The summed E-state index contributed by atoms with van der Waals surface area (Å²) < 4.78 is 18.7. The quantitative estimate of drug-likeness (QED) is 0.785. The second kappa shape index (κ2) is 7.34. The predicted molar refractivity (Wildman–Crippen MR) is 91.8 cm³/mol. The van der Waals surface area contributed by atoms with Gasteiger partial charge in [-0.15, -0.1) is 0 Å². The molecule has 0 bridgehead atoms. The van der Waals surface area contributed by atoms with E-state index in [1.807, 2.05) is 6.92 Å². The van der Waals surface area contributed by atoms with Crippen LogP contribution in [-0.2, 0) is 16.1 Å². The fourth-order valence-electron chi connectivity index (χ4n) is 2.82. The van der Waals surface area contributed by atoms with Gasteiger partial charge in [0.2, 0.25) is 0 Å². The minimum absolute atomic E-state index is 0.222. The Balaban J connectivity index is 1.69. The molecule has 2 aromatic rings. The Hall–Kier alpha value is -2.89. The lowest BCUT2D eigenvalue weighted by Crippen LogP contribution is -2.54. The van der Waals surface area contributed by atoms with Crippen molar-refractivity contribution in [3.8, 4) is 5.75 Å². The summed E-state index contributed by atoms with van der Waals surface area (Å²) in [6.07, 6.45) is 0. The highest BCUT2D eigenvalue weighted by Crippen LogP contribution is 2.22. The molecule has 0 aromatic heterocycles. The molecule has 1 heterocycles. The summed E-state index contributed by atoms with van der Waals surface area (Å²) in [5.74, 6) is -0.796. The van der Waals surface area contributed by atoms with E-state index in [4.69, 9.17) is 4.74 Å². The first kappa shape index (κ1) is 17.0. The SMILES string of the molecule is CCOc1ccc(N2CCN(Cc3cccc(F)c3)C(=O)C2=O)cc1. The largest absolute Gasteiger partial charge is 0.494 e. The van der Waals surface area contributed by atoms with Gasteiger partial charge < -0.3 is 14.5 Å². The lowest BCUT2D eigenvalue weighted by molar-refractivity contribution is -0.146. The van der Waals surface area contributed by atoms with Crippen LogP contribution in [0.5, 0.6) is 5.75 Å². The molecule has 1 saturated heterocycles. The molecule has 3 rings (SSSR count). The molecular formula is C19H19FN2O3. The van der Waals surface area contributed by atoms with E-state index in [1.165, 1.54) is 21.9 Å². The zero-order valence-corrected chi connectivity index (χ0v) is 13.9. The summed E-state index contributed by atoms with van der Waals surface area (Å²) >= 11 is 0. The maximum Gasteiger partial charge on any atom is 0.316 e. The van der Waals surface area contributed by atoms with Gasteiger partial charge in [0.15, 0.2) is 0 Å². The summed E-state index contributed by atoms with van der Waals surface area (Å²) in [7, 11) is 0. The molecule has 0 saturated carbocycles.